The normalized spacial score (nSPS) is 28.2. The van der Waals surface area contributed by atoms with Crippen molar-refractivity contribution < 1.29 is 5.11 Å². The summed E-state index contributed by atoms with van der Waals surface area (Å²) in [5, 5.41) is 17.6. The van der Waals surface area contributed by atoms with Crippen LogP contribution in [0.1, 0.15) is 37.8 Å². The number of aliphatic hydroxyl groups excluding tert-OH is 1. The Morgan fingerprint density at radius 2 is 2.46 bits per heavy atom. The van der Waals surface area contributed by atoms with Crippen LogP contribution in [0.5, 0.6) is 0 Å². The Morgan fingerprint density at radius 3 is 3.08 bits per heavy atom. The molecule has 2 rings (SSSR count). The first kappa shape index (κ1) is 8.69. The van der Waals surface area contributed by atoms with Gasteiger partial charge in [0.15, 0.2) is 0 Å². The van der Waals surface area contributed by atoms with Gasteiger partial charge in [-0.2, -0.15) is 0 Å². The van der Waals surface area contributed by atoms with Gasteiger partial charge in [0.05, 0.1) is 18.0 Å². The van der Waals surface area contributed by atoms with Crippen LogP contribution in [-0.2, 0) is 6.54 Å². The molecule has 1 saturated carbocycles. The van der Waals surface area contributed by atoms with Crippen LogP contribution < -0.4 is 0 Å². The second-order valence-corrected chi connectivity index (χ2v) is 3.58. The number of nitrogens with zero attached hydrogens (tertiary/aromatic N) is 3. The van der Waals surface area contributed by atoms with Crippen molar-refractivity contribution in [3.8, 4) is 0 Å². The maximum Gasteiger partial charge on any atom is 0.0729 e. The van der Waals surface area contributed by atoms with Gasteiger partial charge < -0.3 is 5.11 Å². The van der Waals surface area contributed by atoms with Gasteiger partial charge in [-0.15, -0.1) is 5.10 Å². The summed E-state index contributed by atoms with van der Waals surface area (Å²) in [6.45, 7) is 2.87. The first-order valence-corrected chi connectivity index (χ1v) is 4.89. The van der Waals surface area contributed by atoms with Crippen LogP contribution in [-0.4, -0.2) is 26.2 Å². The molecule has 1 aliphatic carbocycles. The Hall–Kier alpha value is -0.900. The fourth-order valence-corrected chi connectivity index (χ4v) is 2.08. The van der Waals surface area contributed by atoms with Crippen molar-refractivity contribution >= 4 is 0 Å². The van der Waals surface area contributed by atoms with Crippen molar-refractivity contribution in [1.82, 2.24) is 15.0 Å². The van der Waals surface area contributed by atoms with E-state index in [0.717, 1.165) is 31.5 Å². The molecule has 0 radical (unpaired) electrons. The van der Waals surface area contributed by atoms with Gasteiger partial charge in [0.1, 0.15) is 0 Å². The molecule has 1 heterocycles. The summed E-state index contributed by atoms with van der Waals surface area (Å²) in [6, 6.07) is 0. The molecule has 1 fully saturated rings. The maximum atomic E-state index is 9.71. The van der Waals surface area contributed by atoms with Crippen molar-refractivity contribution in [3.05, 3.63) is 11.9 Å². The lowest BCUT2D eigenvalue weighted by Crippen LogP contribution is -2.15. The van der Waals surface area contributed by atoms with E-state index in [0.29, 0.717) is 0 Å². The van der Waals surface area contributed by atoms with E-state index in [1.807, 2.05) is 11.6 Å². The van der Waals surface area contributed by atoms with Gasteiger partial charge in [0.25, 0.3) is 0 Å². The first-order chi connectivity index (χ1) is 6.33. The zero-order chi connectivity index (χ0) is 9.26. The molecule has 2 atom stereocenters. The molecule has 0 spiro atoms. The Labute approximate surface area is 77.6 Å². The zero-order valence-electron chi connectivity index (χ0n) is 7.85. The molecule has 1 aromatic rings. The Morgan fingerprint density at radius 1 is 1.62 bits per heavy atom. The second kappa shape index (κ2) is 3.46. The van der Waals surface area contributed by atoms with E-state index >= 15 is 0 Å². The molecule has 72 valence electrons. The lowest BCUT2D eigenvalue weighted by atomic mass is 10.0. The van der Waals surface area contributed by atoms with Crippen LogP contribution in [0.2, 0.25) is 0 Å². The van der Waals surface area contributed by atoms with Crippen LogP contribution >= 0.6 is 0 Å². The first-order valence-electron chi connectivity index (χ1n) is 4.89. The fourth-order valence-electron chi connectivity index (χ4n) is 2.08. The molecule has 0 aromatic carbocycles. The third kappa shape index (κ3) is 1.46. The molecular formula is C9H15N3O. The predicted molar refractivity (Wildman–Crippen MR) is 48.3 cm³/mol. The van der Waals surface area contributed by atoms with Gasteiger partial charge in [-0.3, -0.25) is 0 Å². The highest BCUT2D eigenvalue weighted by molar-refractivity contribution is 5.08. The third-order valence-electron chi connectivity index (χ3n) is 2.81. The minimum absolute atomic E-state index is 0.191. The molecule has 1 N–H and O–H groups in total. The fraction of sp³-hybridized carbons (Fsp3) is 0.778. The topological polar surface area (TPSA) is 50.9 Å². The average molecular weight is 181 g/mol. The smallest absolute Gasteiger partial charge is 0.0729 e. The van der Waals surface area contributed by atoms with Crippen LogP contribution in [0.25, 0.3) is 0 Å². The summed E-state index contributed by atoms with van der Waals surface area (Å²) in [5.41, 5.74) is 1.09. The number of hydrogen-bond donors (Lipinski definition) is 1. The highest BCUT2D eigenvalue weighted by Gasteiger charge is 2.29. The number of rotatable bonds is 2. The van der Waals surface area contributed by atoms with Gasteiger partial charge in [0.2, 0.25) is 0 Å². The van der Waals surface area contributed by atoms with Crippen molar-refractivity contribution in [2.75, 3.05) is 0 Å². The van der Waals surface area contributed by atoms with Gasteiger partial charge in [0, 0.05) is 12.5 Å². The van der Waals surface area contributed by atoms with Crippen molar-refractivity contribution in [2.45, 2.75) is 44.8 Å². The summed E-state index contributed by atoms with van der Waals surface area (Å²) in [4.78, 5) is 0. The van der Waals surface area contributed by atoms with Crippen LogP contribution in [0.3, 0.4) is 0 Å². The van der Waals surface area contributed by atoms with E-state index in [2.05, 4.69) is 10.3 Å². The molecule has 13 heavy (non-hydrogen) atoms. The molecular weight excluding hydrogens is 166 g/mol. The SMILES string of the molecule is CCn1nncc1C1CCCC1O. The number of aliphatic hydroxyl groups is 1. The van der Waals surface area contributed by atoms with E-state index in [-0.39, 0.29) is 12.0 Å². The van der Waals surface area contributed by atoms with E-state index in [4.69, 9.17) is 0 Å². The van der Waals surface area contributed by atoms with E-state index < -0.39 is 0 Å². The Balaban J connectivity index is 2.23. The second-order valence-electron chi connectivity index (χ2n) is 3.58. The van der Waals surface area contributed by atoms with Gasteiger partial charge in [-0.1, -0.05) is 11.6 Å². The van der Waals surface area contributed by atoms with Gasteiger partial charge in [-0.05, 0) is 19.8 Å². The minimum Gasteiger partial charge on any atom is -0.392 e. The molecule has 0 amide bonds. The highest BCUT2D eigenvalue weighted by atomic mass is 16.3. The van der Waals surface area contributed by atoms with Gasteiger partial charge in [-0.25, -0.2) is 4.68 Å². The highest BCUT2D eigenvalue weighted by Crippen LogP contribution is 2.33. The standard InChI is InChI=1S/C9H15N3O/c1-2-12-8(6-10-11-12)7-4-3-5-9(7)13/h6-7,9,13H,2-5H2,1H3. The lowest BCUT2D eigenvalue weighted by Gasteiger charge is -2.14. The number of aryl methyl sites for hydroxylation is 1. The molecule has 0 bridgehead atoms. The molecule has 0 aliphatic heterocycles. The van der Waals surface area contributed by atoms with E-state index in [1.165, 1.54) is 0 Å². The monoisotopic (exact) mass is 181 g/mol. The molecule has 4 heteroatoms. The maximum absolute atomic E-state index is 9.71. The summed E-state index contributed by atoms with van der Waals surface area (Å²) < 4.78 is 1.87. The van der Waals surface area contributed by atoms with E-state index in [1.54, 1.807) is 6.20 Å². The zero-order valence-corrected chi connectivity index (χ0v) is 7.85. The number of hydrogen-bond acceptors (Lipinski definition) is 3. The largest absolute Gasteiger partial charge is 0.392 e. The predicted octanol–water partition coefficient (Wildman–Crippen LogP) is 0.926. The van der Waals surface area contributed by atoms with Crippen molar-refractivity contribution in [1.29, 1.82) is 0 Å². The quantitative estimate of drug-likeness (QED) is 0.738. The summed E-state index contributed by atoms with van der Waals surface area (Å²) >= 11 is 0. The Bertz CT molecular complexity index is 284. The van der Waals surface area contributed by atoms with E-state index in [9.17, 15) is 5.11 Å². The molecule has 4 nitrogen and oxygen atoms in total. The molecule has 2 unspecified atom stereocenters. The summed E-state index contributed by atoms with van der Waals surface area (Å²) in [7, 11) is 0. The van der Waals surface area contributed by atoms with Gasteiger partial charge >= 0.3 is 0 Å². The van der Waals surface area contributed by atoms with Crippen LogP contribution in [0, 0.1) is 0 Å². The number of aromatic nitrogens is 3. The minimum atomic E-state index is -0.191. The summed E-state index contributed by atoms with van der Waals surface area (Å²) in [6.07, 6.45) is 4.68. The van der Waals surface area contributed by atoms with Crippen LogP contribution in [0.15, 0.2) is 6.20 Å². The summed E-state index contributed by atoms with van der Waals surface area (Å²) in [5.74, 6) is 0.259. The molecule has 0 saturated heterocycles. The van der Waals surface area contributed by atoms with Crippen molar-refractivity contribution in [3.63, 3.8) is 0 Å². The van der Waals surface area contributed by atoms with Crippen LogP contribution in [0.4, 0.5) is 0 Å². The third-order valence-corrected chi connectivity index (χ3v) is 2.81. The average Bonchev–Trinajstić information content (AvgIpc) is 2.71. The lowest BCUT2D eigenvalue weighted by molar-refractivity contribution is 0.160. The molecule has 1 aromatic heterocycles. The molecule has 1 aliphatic rings. The van der Waals surface area contributed by atoms with Crippen molar-refractivity contribution in [2.24, 2.45) is 0 Å². The Kier molecular flexibility index (Phi) is 2.31.